The number of aryl methyl sites for hydroxylation is 1. The SMILES string of the molecule is CCS(=O)(=O)N1CC(CNc2c(C)c(C)nc3ccc(Br)cc23)C1. The van der Waals surface area contributed by atoms with Crippen molar-refractivity contribution in [2.45, 2.75) is 20.8 Å². The Morgan fingerprint density at radius 3 is 2.71 bits per heavy atom. The first-order valence-corrected chi connectivity index (χ1v) is 10.5. The van der Waals surface area contributed by atoms with Crippen molar-refractivity contribution in [1.29, 1.82) is 0 Å². The number of hydrogen-bond acceptors (Lipinski definition) is 4. The average molecular weight is 412 g/mol. The molecular formula is C17H22BrN3O2S. The van der Waals surface area contributed by atoms with Gasteiger partial charge in [-0.25, -0.2) is 12.7 Å². The lowest BCUT2D eigenvalue weighted by Crippen LogP contribution is -2.52. The number of nitrogens with one attached hydrogen (secondary N) is 1. The fraction of sp³-hybridized carbons (Fsp3) is 0.471. The molecule has 0 atom stereocenters. The van der Waals surface area contributed by atoms with E-state index in [1.807, 2.05) is 19.1 Å². The Morgan fingerprint density at radius 2 is 2.04 bits per heavy atom. The van der Waals surface area contributed by atoms with E-state index in [0.29, 0.717) is 19.0 Å². The maximum atomic E-state index is 11.8. The smallest absolute Gasteiger partial charge is 0.213 e. The Bertz CT molecular complexity index is 877. The molecule has 0 saturated carbocycles. The summed E-state index contributed by atoms with van der Waals surface area (Å²) in [7, 11) is -3.04. The number of fused-ring (bicyclic) bond motifs is 1. The molecule has 24 heavy (non-hydrogen) atoms. The summed E-state index contributed by atoms with van der Waals surface area (Å²) in [6.07, 6.45) is 0. The van der Waals surface area contributed by atoms with Crippen molar-refractivity contribution in [1.82, 2.24) is 9.29 Å². The lowest BCUT2D eigenvalue weighted by molar-refractivity contribution is 0.212. The Morgan fingerprint density at radius 1 is 1.33 bits per heavy atom. The first kappa shape index (κ1) is 17.6. The number of rotatable bonds is 5. The average Bonchev–Trinajstić information content (AvgIpc) is 2.49. The molecule has 0 unspecified atom stereocenters. The lowest BCUT2D eigenvalue weighted by Gasteiger charge is -2.38. The summed E-state index contributed by atoms with van der Waals surface area (Å²) in [6, 6.07) is 6.08. The van der Waals surface area contributed by atoms with Crippen LogP contribution in [0.2, 0.25) is 0 Å². The van der Waals surface area contributed by atoms with Gasteiger partial charge in [0.15, 0.2) is 0 Å². The monoisotopic (exact) mass is 411 g/mol. The zero-order chi connectivity index (χ0) is 17.5. The third kappa shape index (κ3) is 3.30. The van der Waals surface area contributed by atoms with Gasteiger partial charge in [0.2, 0.25) is 10.0 Å². The Balaban J connectivity index is 1.77. The molecule has 2 heterocycles. The molecule has 0 amide bonds. The molecule has 0 radical (unpaired) electrons. The molecule has 2 aromatic rings. The van der Waals surface area contributed by atoms with E-state index >= 15 is 0 Å². The fourth-order valence-corrected chi connectivity index (χ4v) is 4.59. The maximum absolute atomic E-state index is 11.8. The van der Waals surface area contributed by atoms with Crippen LogP contribution in [0.5, 0.6) is 0 Å². The van der Waals surface area contributed by atoms with E-state index in [4.69, 9.17) is 0 Å². The van der Waals surface area contributed by atoms with Gasteiger partial charge in [-0.1, -0.05) is 15.9 Å². The van der Waals surface area contributed by atoms with Crippen molar-refractivity contribution in [2.24, 2.45) is 5.92 Å². The van der Waals surface area contributed by atoms with Gasteiger partial charge >= 0.3 is 0 Å². The predicted octanol–water partition coefficient (Wildman–Crippen LogP) is 3.31. The van der Waals surface area contributed by atoms with Crippen molar-refractivity contribution in [3.63, 3.8) is 0 Å². The lowest BCUT2D eigenvalue weighted by atomic mass is 10.0. The van der Waals surface area contributed by atoms with Crippen molar-refractivity contribution < 1.29 is 8.42 Å². The molecule has 1 saturated heterocycles. The summed E-state index contributed by atoms with van der Waals surface area (Å²) in [5.41, 5.74) is 4.21. The van der Waals surface area contributed by atoms with E-state index in [1.165, 1.54) is 0 Å². The summed E-state index contributed by atoms with van der Waals surface area (Å²) in [4.78, 5) is 4.65. The number of anilines is 1. The molecule has 1 fully saturated rings. The summed E-state index contributed by atoms with van der Waals surface area (Å²) in [5.74, 6) is 0.524. The molecule has 1 N–H and O–H groups in total. The zero-order valence-corrected chi connectivity index (χ0v) is 16.5. The van der Waals surface area contributed by atoms with E-state index in [0.717, 1.165) is 38.9 Å². The van der Waals surface area contributed by atoms with E-state index < -0.39 is 10.0 Å². The second kappa shape index (κ2) is 6.61. The highest BCUT2D eigenvalue weighted by Crippen LogP contribution is 2.31. The van der Waals surface area contributed by atoms with Crippen LogP contribution in [0.3, 0.4) is 0 Å². The van der Waals surface area contributed by atoms with Crippen LogP contribution in [0.15, 0.2) is 22.7 Å². The van der Waals surface area contributed by atoms with Crippen molar-refractivity contribution in [2.75, 3.05) is 30.7 Å². The van der Waals surface area contributed by atoms with Crippen molar-refractivity contribution >= 4 is 42.5 Å². The molecule has 1 aromatic carbocycles. The van der Waals surface area contributed by atoms with Crippen LogP contribution in [0.4, 0.5) is 5.69 Å². The number of nitrogens with zero attached hydrogens (tertiary/aromatic N) is 2. The molecule has 0 spiro atoms. The van der Waals surface area contributed by atoms with Gasteiger partial charge in [-0.2, -0.15) is 0 Å². The van der Waals surface area contributed by atoms with E-state index in [-0.39, 0.29) is 5.75 Å². The van der Waals surface area contributed by atoms with Crippen LogP contribution in [0.25, 0.3) is 10.9 Å². The molecule has 130 valence electrons. The highest BCUT2D eigenvalue weighted by atomic mass is 79.9. The van der Waals surface area contributed by atoms with Crippen LogP contribution in [0, 0.1) is 19.8 Å². The van der Waals surface area contributed by atoms with E-state index in [2.05, 4.69) is 39.2 Å². The summed E-state index contributed by atoms with van der Waals surface area (Å²) < 4.78 is 26.2. The first-order valence-electron chi connectivity index (χ1n) is 8.10. The van der Waals surface area contributed by atoms with Crippen LogP contribution < -0.4 is 5.32 Å². The Hall–Kier alpha value is -1.18. The minimum Gasteiger partial charge on any atom is -0.384 e. The van der Waals surface area contributed by atoms with Crippen molar-refractivity contribution in [3.8, 4) is 0 Å². The van der Waals surface area contributed by atoms with Crippen LogP contribution >= 0.6 is 15.9 Å². The topological polar surface area (TPSA) is 62.3 Å². The summed E-state index contributed by atoms with van der Waals surface area (Å²) >= 11 is 3.52. The van der Waals surface area contributed by atoms with Crippen LogP contribution in [-0.4, -0.2) is 43.1 Å². The van der Waals surface area contributed by atoms with Gasteiger partial charge in [-0.05, 0) is 44.5 Å². The largest absolute Gasteiger partial charge is 0.384 e. The highest BCUT2D eigenvalue weighted by molar-refractivity contribution is 9.10. The second-order valence-electron chi connectivity index (χ2n) is 6.32. The van der Waals surface area contributed by atoms with Gasteiger partial charge in [0.05, 0.1) is 11.3 Å². The maximum Gasteiger partial charge on any atom is 0.213 e. The van der Waals surface area contributed by atoms with Gasteiger partial charge in [0.25, 0.3) is 0 Å². The molecule has 1 aliphatic heterocycles. The first-order chi connectivity index (χ1) is 11.3. The van der Waals surface area contributed by atoms with Gasteiger partial charge in [0, 0.05) is 46.8 Å². The second-order valence-corrected chi connectivity index (χ2v) is 9.50. The zero-order valence-electron chi connectivity index (χ0n) is 14.1. The third-order valence-electron chi connectivity index (χ3n) is 4.68. The Labute approximate surface area is 151 Å². The Kier molecular flexibility index (Phi) is 4.86. The molecule has 0 aliphatic carbocycles. The normalized spacial score (nSPS) is 16.3. The summed E-state index contributed by atoms with van der Waals surface area (Å²) in [5, 5.41) is 4.62. The van der Waals surface area contributed by atoms with Crippen LogP contribution in [-0.2, 0) is 10.0 Å². The van der Waals surface area contributed by atoms with Crippen LogP contribution in [0.1, 0.15) is 18.2 Å². The number of aromatic nitrogens is 1. The third-order valence-corrected chi connectivity index (χ3v) is 6.99. The molecule has 0 bridgehead atoms. The number of benzene rings is 1. The molecule has 3 rings (SSSR count). The highest BCUT2D eigenvalue weighted by Gasteiger charge is 2.34. The fourth-order valence-electron chi connectivity index (χ4n) is 2.99. The minimum atomic E-state index is -3.04. The van der Waals surface area contributed by atoms with Gasteiger partial charge in [0.1, 0.15) is 0 Å². The van der Waals surface area contributed by atoms with Gasteiger partial charge in [-0.15, -0.1) is 0 Å². The van der Waals surface area contributed by atoms with E-state index in [1.54, 1.807) is 11.2 Å². The molecule has 7 heteroatoms. The minimum absolute atomic E-state index is 0.175. The quantitative estimate of drug-likeness (QED) is 0.819. The number of hydrogen-bond donors (Lipinski definition) is 1. The van der Waals surface area contributed by atoms with E-state index in [9.17, 15) is 8.42 Å². The summed E-state index contributed by atoms with van der Waals surface area (Å²) in [6.45, 7) is 7.75. The number of halogens is 1. The van der Waals surface area contributed by atoms with Gasteiger partial charge < -0.3 is 5.32 Å². The van der Waals surface area contributed by atoms with Crippen molar-refractivity contribution in [3.05, 3.63) is 33.9 Å². The molecular weight excluding hydrogens is 390 g/mol. The standard InChI is InChI=1S/C17H22BrN3O2S/c1-4-24(22,23)21-9-13(10-21)8-19-17-11(2)12(3)20-16-6-5-14(18)7-15(16)17/h5-7,13H,4,8-10H2,1-3H3,(H,19,20). The predicted molar refractivity (Wildman–Crippen MR) is 102 cm³/mol. The number of pyridine rings is 1. The molecule has 1 aliphatic rings. The molecule has 1 aromatic heterocycles. The van der Waals surface area contributed by atoms with Gasteiger partial charge in [-0.3, -0.25) is 4.98 Å². The molecule has 5 nitrogen and oxygen atoms in total. The number of sulfonamides is 1.